The number of hydrogen-bond acceptors (Lipinski definition) is 1. The summed E-state index contributed by atoms with van der Waals surface area (Å²) in [5, 5.41) is 4.15. The zero-order chi connectivity index (χ0) is 16.2. The van der Waals surface area contributed by atoms with Gasteiger partial charge in [-0.15, -0.1) is 0 Å². The lowest BCUT2D eigenvalue weighted by molar-refractivity contribution is 0.409. The zero-order valence-electron chi connectivity index (χ0n) is 13.3. The molecule has 0 unspecified atom stereocenters. The van der Waals surface area contributed by atoms with Gasteiger partial charge in [-0.05, 0) is 60.8 Å². The Morgan fingerprint density at radius 2 is 1.87 bits per heavy atom. The van der Waals surface area contributed by atoms with E-state index < -0.39 is 0 Å². The largest absolute Gasteiger partial charge is 0.342 e. The first-order valence-corrected chi connectivity index (χ1v) is 8.48. The fraction of sp³-hybridized carbons (Fsp3) is 0.316. The van der Waals surface area contributed by atoms with Crippen LogP contribution in [0, 0.1) is 5.82 Å². The average Bonchev–Trinajstić information content (AvgIpc) is 3.39. The number of benzene rings is 2. The topological polar surface area (TPSA) is 15.3 Å². The molecule has 23 heavy (non-hydrogen) atoms. The SMILES string of the molecule is CCc1ccccc1NC(=S)N(Cc1ccc(F)cc1)C1CC1. The molecule has 0 aliphatic heterocycles. The molecule has 0 bridgehead atoms. The van der Waals surface area contributed by atoms with Gasteiger partial charge in [-0.1, -0.05) is 37.3 Å². The summed E-state index contributed by atoms with van der Waals surface area (Å²) in [7, 11) is 0. The van der Waals surface area contributed by atoms with E-state index in [1.54, 1.807) is 0 Å². The third-order valence-electron chi connectivity index (χ3n) is 4.15. The van der Waals surface area contributed by atoms with Crippen LogP contribution < -0.4 is 5.32 Å². The molecule has 0 spiro atoms. The van der Waals surface area contributed by atoms with Crippen LogP contribution in [0.3, 0.4) is 0 Å². The number of nitrogens with zero attached hydrogens (tertiary/aromatic N) is 1. The van der Waals surface area contributed by atoms with Crippen LogP contribution in [0.25, 0.3) is 0 Å². The van der Waals surface area contributed by atoms with Crippen molar-refractivity contribution >= 4 is 23.0 Å². The Morgan fingerprint density at radius 3 is 2.52 bits per heavy atom. The second-order valence-electron chi connectivity index (χ2n) is 5.93. The number of halogens is 1. The number of anilines is 1. The van der Waals surface area contributed by atoms with Gasteiger partial charge in [0.2, 0.25) is 0 Å². The smallest absolute Gasteiger partial charge is 0.173 e. The van der Waals surface area contributed by atoms with Gasteiger partial charge in [0.15, 0.2) is 5.11 Å². The molecule has 2 aromatic carbocycles. The molecule has 0 radical (unpaired) electrons. The van der Waals surface area contributed by atoms with E-state index in [1.165, 1.54) is 30.5 Å². The molecule has 1 aliphatic rings. The first-order chi connectivity index (χ1) is 11.2. The van der Waals surface area contributed by atoms with Crippen molar-refractivity contribution in [3.63, 3.8) is 0 Å². The Bertz CT molecular complexity index is 680. The van der Waals surface area contributed by atoms with Crippen molar-refractivity contribution in [3.8, 4) is 0 Å². The maximum atomic E-state index is 13.1. The van der Waals surface area contributed by atoms with E-state index in [1.807, 2.05) is 24.3 Å². The van der Waals surface area contributed by atoms with E-state index >= 15 is 0 Å². The standard InChI is InChI=1S/C19H21FN2S/c1-2-15-5-3-4-6-18(15)21-19(23)22(17-11-12-17)13-14-7-9-16(20)10-8-14/h3-10,17H,2,11-13H2,1H3,(H,21,23). The fourth-order valence-corrected chi connectivity index (χ4v) is 3.00. The Hall–Kier alpha value is -1.94. The summed E-state index contributed by atoms with van der Waals surface area (Å²) in [4.78, 5) is 2.22. The Kier molecular flexibility index (Phi) is 4.91. The third kappa shape index (κ3) is 4.08. The summed E-state index contributed by atoms with van der Waals surface area (Å²) in [6.07, 6.45) is 3.30. The zero-order valence-corrected chi connectivity index (χ0v) is 14.1. The number of para-hydroxylation sites is 1. The van der Waals surface area contributed by atoms with Gasteiger partial charge >= 0.3 is 0 Å². The molecule has 0 amide bonds. The van der Waals surface area contributed by atoms with Crippen LogP contribution >= 0.6 is 12.2 Å². The predicted octanol–water partition coefficient (Wildman–Crippen LogP) is 4.75. The second kappa shape index (κ2) is 7.09. The number of aryl methyl sites for hydroxylation is 1. The van der Waals surface area contributed by atoms with Crippen molar-refractivity contribution < 1.29 is 4.39 Å². The number of hydrogen-bond donors (Lipinski definition) is 1. The van der Waals surface area contributed by atoms with Crippen LogP contribution in [-0.4, -0.2) is 16.1 Å². The van der Waals surface area contributed by atoms with Gasteiger partial charge < -0.3 is 10.2 Å². The summed E-state index contributed by atoms with van der Waals surface area (Å²) in [6, 6.07) is 15.4. The summed E-state index contributed by atoms with van der Waals surface area (Å²) >= 11 is 5.65. The van der Waals surface area contributed by atoms with Crippen LogP contribution in [0.1, 0.15) is 30.9 Å². The van der Waals surface area contributed by atoms with Crippen LogP contribution in [0.15, 0.2) is 48.5 Å². The second-order valence-corrected chi connectivity index (χ2v) is 6.31. The molecule has 2 aromatic rings. The highest BCUT2D eigenvalue weighted by Gasteiger charge is 2.31. The van der Waals surface area contributed by atoms with E-state index in [0.717, 1.165) is 22.8 Å². The van der Waals surface area contributed by atoms with E-state index in [0.29, 0.717) is 12.6 Å². The van der Waals surface area contributed by atoms with E-state index in [4.69, 9.17) is 12.2 Å². The normalized spacial score (nSPS) is 13.7. The highest BCUT2D eigenvalue weighted by molar-refractivity contribution is 7.80. The Balaban J connectivity index is 1.73. The molecule has 120 valence electrons. The molecule has 0 saturated heterocycles. The van der Waals surface area contributed by atoms with Crippen molar-refractivity contribution in [1.29, 1.82) is 0 Å². The highest BCUT2D eigenvalue weighted by Crippen LogP contribution is 2.29. The lowest BCUT2D eigenvalue weighted by atomic mass is 10.1. The summed E-state index contributed by atoms with van der Waals surface area (Å²) < 4.78 is 13.1. The molecule has 1 aliphatic carbocycles. The summed E-state index contributed by atoms with van der Waals surface area (Å²) in [6.45, 7) is 2.85. The number of thiocarbonyl (C=S) groups is 1. The van der Waals surface area contributed by atoms with E-state index in [9.17, 15) is 4.39 Å². The maximum Gasteiger partial charge on any atom is 0.173 e. The van der Waals surface area contributed by atoms with Gasteiger partial charge in [0.25, 0.3) is 0 Å². The van der Waals surface area contributed by atoms with Crippen LogP contribution in [-0.2, 0) is 13.0 Å². The van der Waals surface area contributed by atoms with Gasteiger partial charge in [-0.2, -0.15) is 0 Å². The minimum absolute atomic E-state index is 0.204. The molecule has 0 aromatic heterocycles. The minimum Gasteiger partial charge on any atom is -0.342 e. The van der Waals surface area contributed by atoms with Gasteiger partial charge in [-0.3, -0.25) is 0 Å². The van der Waals surface area contributed by atoms with Crippen molar-refractivity contribution in [2.75, 3.05) is 5.32 Å². The third-order valence-corrected chi connectivity index (χ3v) is 4.49. The van der Waals surface area contributed by atoms with Crippen LogP contribution in [0.4, 0.5) is 10.1 Å². The lowest BCUT2D eigenvalue weighted by Crippen LogP contribution is -2.36. The molecule has 1 saturated carbocycles. The molecular formula is C19H21FN2S. The number of rotatable bonds is 5. The monoisotopic (exact) mass is 328 g/mol. The molecule has 4 heteroatoms. The predicted molar refractivity (Wildman–Crippen MR) is 97.0 cm³/mol. The number of nitrogens with one attached hydrogen (secondary N) is 1. The van der Waals surface area contributed by atoms with Crippen molar-refractivity contribution in [2.45, 2.75) is 38.8 Å². The summed E-state index contributed by atoms with van der Waals surface area (Å²) in [5.41, 5.74) is 3.41. The molecule has 1 N–H and O–H groups in total. The molecule has 2 nitrogen and oxygen atoms in total. The molecule has 0 heterocycles. The first-order valence-electron chi connectivity index (χ1n) is 8.07. The van der Waals surface area contributed by atoms with Gasteiger partial charge in [0.1, 0.15) is 5.82 Å². The van der Waals surface area contributed by atoms with Crippen LogP contribution in [0.5, 0.6) is 0 Å². The van der Waals surface area contributed by atoms with Crippen molar-refractivity contribution in [2.24, 2.45) is 0 Å². The quantitative estimate of drug-likeness (QED) is 0.798. The van der Waals surface area contributed by atoms with Crippen molar-refractivity contribution in [1.82, 2.24) is 4.90 Å². The molecular weight excluding hydrogens is 307 g/mol. The van der Waals surface area contributed by atoms with Crippen LogP contribution in [0.2, 0.25) is 0 Å². The average molecular weight is 328 g/mol. The van der Waals surface area contributed by atoms with Gasteiger partial charge in [0, 0.05) is 18.3 Å². The Labute approximate surface area is 142 Å². The lowest BCUT2D eigenvalue weighted by Gasteiger charge is -2.26. The highest BCUT2D eigenvalue weighted by atomic mass is 32.1. The van der Waals surface area contributed by atoms with Gasteiger partial charge in [-0.25, -0.2) is 4.39 Å². The first kappa shape index (κ1) is 15.9. The molecule has 0 atom stereocenters. The molecule has 3 rings (SSSR count). The molecule has 1 fully saturated rings. The Morgan fingerprint density at radius 1 is 1.17 bits per heavy atom. The van der Waals surface area contributed by atoms with E-state index in [-0.39, 0.29) is 5.82 Å². The summed E-state index contributed by atoms with van der Waals surface area (Å²) in [5.74, 6) is -0.204. The van der Waals surface area contributed by atoms with Crippen molar-refractivity contribution in [3.05, 3.63) is 65.5 Å². The fourth-order valence-electron chi connectivity index (χ4n) is 2.68. The minimum atomic E-state index is -0.204. The van der Waals surface area contributed by atoms with E-state index in [2.05, 4.69) is 29.3 Å². The van der Waals surface area contributed by atoms with Gasteiger partial charge in [0.05, 0.1) is 0 Å². The maximum absolute atomic E-state index is 13.1.